The highest BCUT2D eigenvalue weighted by molar-refractivity contribution is 7.09. The Bertz CT molecular complexity index is 1160. The number of carbonyl (C=O) groups is 1. The zero-order valence-electron chi connectivity index (χ0n) is 15.7. The number of nitrogens with one attached hydrogen (secondary N) is 2. The molecule has 0 spiro atoms. The van der Waals surface area contributed by atoms with Crippen molar-refractivity contribution in [2.45, 2.75) is 6.92 Å². The van der Waals surface area contributed by atoms with Crippen molar-refractivity contribution in [3.63, 3.8) is 0 Å². The minimum absolute atomic E-state index is 0.0363. The van der Waals surface area contributed by atoms with Crippen LogP contribution in [0.1, 0.15) is 15.5 Å². The van der Waals surface area contributed by atoms with Gasteiger partial charge in [-0.15, -0.1) is 16.4 Å². The minimum Gasteiger partial charge on any atom is -0.497 e. The summed E-state index contributed by atoms with van der Waals surface area (Å²) in [6.45, 7) is 1.88. The lowest BCUT2D eigenvalue weighted by molar-refractivity contribution is 0.101. The molecule has 10 nitrogen and oxygen atoms in total. The number of aryl methyl sites for hydroxylation is 1. The number of hydrogen-bond donors (Lipinski definition) is 2. The molecule has 3 heterocycles. The lowest BCUT2D eigenvalue weighted by Gasteiger charge is -2.08. The number of benzene rings is 1. The maximum atomic E-state index is 12.5. The molecule has 4 aromatic rings. The Morgan fingerprint density at radius 3 is 2.76 bits per heavy atom. The normalized spacial score (nSPS) is 10.7. The van der Waals surface area contributed by atoms with Crippen LogP contribution in [0.2, 0.25) is 0 Å². The molecule has 0 radical (unpaired) electrons. The first-order valence-corrected chi connectivity index (χ1v) is 9.30. The van der Waals surface area contributed by atoms with Crippen molar-refractivity contribution in [1.82, 2.24) is 25.4 Å². The second-order valence-electron chi connectivity index (χ2n) is 5.85. The number of thiazole rings is 1. The lowest BCUT2D eigenvalue weighted by atomic mass is 10.1. The fourth-order valence-corrected chi connectivity index (χ4v) is 3.18. The number of nitrogens with zero attached hydrogens (tertiary/aromatic N) is 4. The fourth-order valence-electron chi connectivity index (χ4n) is 2.59. The highest BCUT2D eigenvalue weighted by Crippen LogP contribution is 2.32. The van der Waals surface area contributed by atoms with Crippen molar-refractivity contribution in [2.75, 3.05) is 19.5 Å². The largest absolute Gasteiger partial charge is 0.497 e. The van der Waals surface area contributed by atoms with Gasteiger partial charge in [0.25, 0.3) is 11.8 Å². The summed E-state index contributed by atoms with van der Waals surface area (Å²) < 4.78 is 16.1. The van der Waals surface area contributed by atoms with Crippen LogP contribution in [0.3, 0.4) is 0 Å². The Labute approximate surface area is 168 Å². The Balaban J connectivity index is 1.53. The van der Waals surface area contributed by atoms with Crippen LogP contribution in [0.5, 0.6) is 11.5 Å². The molecule has 1 aromatic carbocycles. The van der Waals surface area contributed by atoms with E-state index < -0.39 is 5.91 Å². The lowest BCUT2D eigenvalue weighted by Crippen LogP contribution is -2.12. The quantitative estimate of drug-likeness (QED) is 0.494. The van der Waals surface area contributed by atoms with Gasteiger partial charge in [-0.3, -0.25) is 15.2 Å². The van der Waals surface area contributed by atoms with Crippen LogP contribution in [-0.2, 0) is 0 Å². The number of H-pyrrole nitrogens is 1. The number of aromatic amines is 1. The molecule has 0 saturated heterocycles. The van der Waals surface area contributed by atoms with E-state index in [1.165, 1.54) is 11.3 Å². The molecule has 0 aliphatic carbocycles. The predicted octanol–water partition coefficient (Wildman–Crippen LogP) is 3.16. The number of aromatic nitrogens is 5. The number of methoxy groups -OCH3 is 2. The second-order valence-corrected chi connectivity index (χ2v) is 6.91. The average Bonchev–Trinajstić information content (AvgIpc) is 3.48. The standard InChI is InChI=1S/C18H16N6O4S/c1-9-19-14(8-29-9)17-23-24-18(28-17)20-16(25)13-7-12(21-22-13)11-6-10(26-2)4-5-15(11)27-3/h4-8H,1-3H3,(H,21,22)(H,20,24,25). The topological polar surface area (TPSA) is 128 Å². The van der Waals surface area contributed by atoms with Gasteiger partial charge in [0.15, 0.2) is 0 Å². The molecule has 1 amide bonds. The van der Waals surface area contributed by atoms with Gasteiger partial charge in [-0.2, -0.15) is 5.10 Å². The van der Waals surface area contributed by atoms with Crippen LogP contribution in [-0.4, -0.2) is 45.5 Å². The third kappa shape index (κ3) is 3.80. The zero-order valence-corrected chi connectivity index (χ0v) is 16.5. The Morgan fingerprint density at radius 2 is 2.03 bits per heavy atom. The molecule has 0 fully saturated rings. The van der Waals surface area contributed by atoms with Crippen molar-refractivity contribution in [3.05, 3.63) is 40.3 Å². The third-order valence-corrected chi connectivity index (χ3v) is 4.76. The van der Waals surface area contributed by atoms with E-state index >= 15 is 0 Å². The molecule has 2 N–H and O–H groups in total. The number of anilines is 1. The Kier molecular flexibility index (Phi) is 4.96. The fraction of sp³-hybridized carbons (Fsp3) is 0.167. The number of hydrogen-bond acceptors (Lipinski definition) is 9. The summed E-state index contributed by atoms with van der Waals surface area (Å²) in [5.74, 6) is 1.00. The van der Waals surface area contributed by atoms with Crippen LogP contribution >= 0.6 is 11.3 Å². The van der Waals surface area contributed by atoms with Crippen molar-refractivity contribution in [1.29, 1.82) is 0 Å². The molecule has 11 heteroatoms. The van der Waals surface area contributed by atoms with E-state index in [4.69, 9.17) is 13.9 Å². The summed E-state index contributed by atoms with van der Waals surface area (Å²) in [7, 11) is 3.13. The summed E-state index contributed by atoms with van der Waals surface area (Å²) in [5, 5.41) is 19.8. The van der Waals surface area contributed by atoms with Crippen LogP contribution in [0.15, 0.2) is 34.1 Å². The van der Waals surface area contributed by atoms with E-state index in [-0.39, 0.29) is 17.6 Å². The third-order valence-electron chi connectivity index (χ3n) is 3.99. The van der Waals surface area contributed by atoms with Crippen molar-refractivity contribution in [3.8, 4) is 34.3 Å². The van der Waals surface area contributed by atoms with Gasteiger partial charge in [0.05, 0.1) is 24.9 Å². The second kappa shape index (κ2) is 7.72. The van der Waals surface area contributed by atoms with Gasteiger partial charge in [-0.25, -0.2) is 4.98 Å². The van der Waals surface area contributed by atoms with Crippen molar-refractivity contribution < 1.29 is 18.7 Å². The highest BCUT2D eigenvalue weighted by Gasteiger charge is 2.18. The predicted molar refractivity (Wildman–Crippen MR) is 105 cm³/mol. The first-order valence-electron chi connectivity index (χ1n) is 8.42. The first-order chi connectivity index (χ1) is 14.1. The van der Waals surface area contributed by atoms with Gasteiger partial charge >= 0.3 is 6.01 Å². The van der Waals surface area contributed by atoms with E-state index in [9.17, 15) is 4.79 Å². The van der Waals surface area contributed by atoms with Crippen LogP contribution in [0.4, 0.5) is 6.01 Å². The Hall–Kier alpha value is -3.73. The molecule has 0 saturated carbocycles. The maximum Gasteiger partial charge on any atom is 0.322 e. The Morgan fingerprint density at radius 1 is 1.17 bits per heavy atom. The molecule has 3 aromatic heterocycles. The van der Waals surface area contributed by atoms with Crippen LogP contribution in [0.25, 0.3) is 22.8 Å². The SMILES string of the molecule is COc1ccc(OC)c(-c2cc(C(=O)Nc3nnc(-c4csc(C)n4)o3)[nH]n2)c1. The molecule has 0 atom stereocenters. The van der Waals surface area contributed by atoms with Crippen molar-refractivity contribution in [2.24, 2.45) is 0 Å². The summed E-state index contributed by atoms with van der Waals surface area (Å²) in [5.41, 5.74) is 1.99. The summed E-state index contributed by atoms with van der Waals surface area (Å²) in [4.78, 5) is 16.8. The summed E-state index contributed by atoms with van der Waals surface area (Å²) >= 11 is 1.47. The van der Waals surface area contributed by atoms with Gasteiger partial charge < -0.3 is 13.9 Å². The molecule has 29 heavy (non-hydrogen) atoms. The van der Waals surface area contributed by atoms with E-state index in [1.54, 1.807) is 43.9 Å². The maximum absolute atomic E-state index is 12.5. The zero-order chi connectivity index (χ0) is 20.4. The molecular formula is C18H16N6O4S. The number of ether oxygens (including phenoxy) is 2. The molecule has 0 unspecified atom stereocenters. The number of amides is 1. The summed E-state index contributed by atoms with van der Waals surface area (Å²) in [6, 6.07) is 6.87. The monoisotopic (exact) mass is 412 g/mol. The van der Waals surface area contributed by atoms with Crippen LogP contribution in [0, 0.1) is 6.92 Å². The summed E-state index contributed by atoms with van der Waals surface area (Å²) in [6.07, 6.45) is 0. The molecular weight excluding hydrogens is 396 g/mol. The first kappa shape index (κ1) is 18.6. The molecule has 0 aliphatic rings. The average molecular weight is 412 g/mol. The highest BCUT2D eigenvalue weighted by atomic mass is 32.1. The number of carbonyl (C=O) groups excluding carboxylic acids is 1. The molecule has 0 bridgehead atoms. The van der Waals surface area contributed by atoms with Gasteiger partial charge in [-0.1, -0.05) is 5.10 Å². The molecule has 4 rings (SSSR count). The number of rotatable bonds is 6. The van der Waals surface area contributed by atoms with E-state index in [1.807, 2.05) is 6.92 Å². The van der Waals surface area contributed by atoms with E-state index in [0.717, 1.165) is 5.01 Å². The minimum atomic E-state index is -0.477. The molecule has 0 aliphatic heterocycles. The van der Waals surface area contributed by atoms with Gasteiger partial charge in [0.2, 0.25) is 0 Å². The molecule has 148 valence electrons. The van der Waals surface area contributed by atoms with Gasteiger partial charge in [0, 0.05) is 10.9 Å². The van der Waals surface area contributed by atoms with Crippen molar-refractivity contribution >= 4 is 23.3 Å². The van der Waals surface area contributed by atoms with E-state index in [2.05, 4.69) is 30.7 Å². The van der Waals surface area contributed by atoms with Gasteiger partial charge in [0.1, 0.15) is 22.9 Å². The van der Waals surface area contributed by atoms with E-state index in [0.29, 0.717) is 28.5 Å². The van der Waals surface area contributed by atoms with Crippen LogP contribution < -0.4 is 14.8 Å². The smallest absolute Gasteiger partial charge is 0.322 e. The van der Waals surface area contributed by atoms with Gasteiger partial charge in [-0.05, 0) is 31.2 Å².